The van der Waals surface area contributed by atoms with Crippen LogP contribution < -0.4 is 5.32 Å². The molecule has 168 valence electrons. The van der Waals surface area contributed by atoms with Gasteiger partial charge in [0.25, 0.3) is 5.91 Å². The molecule has 1 aromatic heterocycles. The minimum Gasteiger partial charge on any atom is -0.391 e. The summed E-state index contributed by atoms with van der Waals surface area (Å²) in [6.45, 7) is 2.19. The minimum atomic E-state index is -0.482. The maximum absolute atomic E-state index is 13.0. The Morgan fingerprint density at radius 1 is 1.19 bits per heavy atom. The van der Waals surface area contributed by atoms with Crippen LogP contribution in [-0.4, -0.2) is 41.4 Å². The van der Waals surface area contributed by atoms with E-state index in [4.69, 9.17) is 0 Å². The van der Waals surface area contributed by atoms with Gasteiger partial charge in [0.15, 0.2) is 0 Å². The number of pyridine rings is 1. The first-order valence-electron chi connectivity index (χ1n) is 11.7. The summed E-state index contributed by atoms with van der Waals surface area (Å²) in [4.78, 5) is 21.9. The van der Waals surface area contributed by atoms with Crippen LogP contribution in [-0.2, 0) is 6.42 Å². The Hall–Kier alpha value is -2.79. The zero-order chi connectivity index (χ0) is 22.5. The number of allylic oxidation sites excluding steroid dienone is 4. The maximum Gasteiger partial charge on any atom is 0.270 e. The predicted octanol–water partition coefficient (Wildman–Crippen LogP) is 4.79. The molecule has 1 aromatic carbocycles. The summed E-state index contributed by atoms with van der Waals surface area (Å²) in [5.41, 5.74) is 4.76. The van der Waals surface area contributed by atoms with Crippen LogP contribution in [0.2, 0.25) is 0 Å². The highest BCUT2D eigenvalue weighted by Crippen LogP contribution is 2.36. The third-order valence-electron chi connectivity index (χ3n) is 6.55. The largest absolute Gasteiger partial charge is 0.391 e. The van der Waals surface area contributed by atoms with Gasteiger partial charge in [-0.1, -0.05) is 48.8 Å². The molecule has 0 aliphatic heterocycles. The molecule has 4 rings (SSSR count). The molecule has 2 fully saturated rings. The number of aliphatic imine (C=N–C) groups is 1. The number of rotatable bonds is 7. The lowest BCUT2D eigenvalue weighted by Crippen LogP contribution is -2.45. The molecular weight excluding hydrogens is 398 g/mol. The third kappa shape index (κ3) is 5.52. The standard InChI is InChI=1S/C27H33N3O2/c1-18(20-13-14-20)11-12-19(17-28-2)15-21-16-25(29-23-8-4-3-7-22(21)23)27(32)30-24-9-5-6-10-26(24)31/h3-4,7-8,11-12,16-17,20,24,26,31H,5-6,9-10,13-15H2,1-2H3,(H,30,32)/b18-11+,19-12-,28-17-/t24-,26-/m0/s1. The van der Waals surface area contributed by atoms with Crippen molar-refractivity contribution in [3.05, 3.63) is 64.9 Å². The Kier molecular flexibility index (Phi) is 7.15. The molecule has 2 aliphatic rings. The number of hydrogen-bond acceptors (Lipinski definition) is 4. The topological polar surface area (TPSA) is 74.6 Å². The number of aliphatic hydroxyl groups excluding tert-OH is 1. The van der Waals surface area contributed by atoms with Gasteiger partial charge < -0.3 is 10.4 Å². The van der Waals surface area contributed by atoms with E-state index < -0.39 is 6.10 Å². The van der Waals surface area contributed by atoms with Crippen molar-refractivity contribution in [3.8, 4) is 0 Å². The molecule has 0 spiro atoms. The van der Waals surface area contributed by atoms with Crippen molar-refractivity contribution in [2.75, 3.05) is 7.05 Å². The van der Waals surface area contributed by atoms with Gasteiger partial charge >= 0.3 is 0 Å². The monoisotopic (exact) mass is 431 g/mol. The van der Waals surface area contributed by atoms with Crippen molar-refractivity contribution >= 4 is 23.0 Å². The molecule has 1 heterocycles. The van der Waals surface area contributed by atoms with E-state index in [2.05, 4.69) is 40.4 Å². The number of fused-ring (bicyclic) bond motifs is 1. The van der Waals surface area contributed by atoms with Gasteiger partial charge in [-0.25, -0.2) is 4.98 Å². The number of carbonyl (C=O) groups is 1. The second-order valence-corrected chi connectivity index (χ2v) is 9.11. The molecule has 0 unspecified atom stereocenters. The van der Waals surface area contributed by atoms with E-state index in [-0.39, 0.29) is 11.9 Å². The SMILES string of the molecule is C\N=C/C(=C\C=C(/C)C1CC1)Cc1cc(C(=O)N[C@H]2CCCC[C@@H]2O)nc2ccccc12. The third-order valence-corrected chi connectivity index (χ3v) is 6.55. The fraction of sp³-hybridized carbons (Fsp3) is 0.444. The van der Waals surface area contributed by atoms with E-state index in [0.717, 1.165) is 53.6 Å². The molecule has 2 saturated carbocycles. The molecule has 2 N–H and O–H groups in total. The van der Waals surface area contributed by atoms with Crippen molar-refractivity contribution in [2.24, 2.45) is 10.9 Å². The Bertz CT molecular complexity index is 1070. The highest BCUT2D eigenvalue weighted by molar-refractivity contribution is 5.96. The van der Waals surface area contributed by atoms with Crippen molar-refractivity contribution in [1.82, 2.24) is 10.3 Å². The zero-order valence-corrected chi connectivity index (χ0v) is 19.1. The van der Waals surface area contributed by atoms with E-state index >= 15 is 0 Å². The quantitative estimate of drug-likeness (QED) is 0.489. The lowest BCUT2D eigenvalue weighted by molar-refractivity contribution is 0.0714. The Morgan fingerprint density at radius 2 is 1.97 bits per heavy atom. The van der Waals surface area contributed by atoms with Gasteiger partial charge in [-0.2, -0.15) is 0 Å². The Balaban J connectivity index is 1.63. The second-order valence-electron chi connectivity index (χ2n) is 9.11. The van der Waals surface area contributed by atoms with Gasteiger partial charge in [0.2, 0.25) is 0 Å². The summed E-state index contributed by atoms with van der Waals surface area (Å²) >= 11 is 0. The van der Waals surface area contributed by atoms with Crippen LogP contribution in [0.5, 0.6) is 0 Å². The van der Waals surface area contributed by atoms with Crippen LogP contribution in [0.1, 0.15) is 61.5 Å². The van der Waals surface area contributed by atoms with Crippen molar-refractivity contribution in [3.63, 3.8) is 0 Å². The summed E-state index contributed by atoms with van der Waals surface area (Å²) in [6.07, 6.45) is 12.6. The van der Waals surface area contributed by atoms with Gasteiger partial charge in [-0.05, 0) is 68.2 Å². The molecule has 2 aliphatic carbocycles. The summed E-state index contributed by atoms with van der Waals surface area (Å²) in [5.74, 6) is 0.514. The highest BCUT2D eigenvalue weighted by Gasteiger charge is 2.26. The first-order valence-corrected chi connectivity index (χ1v) is 11.7. The number of aliphatic hydroxyl groups is 1. The van der Waals surface area contributed by atoms with Crippen LogP contribution in [0.15, 0.2) is 58.6 Å². The number of benzene rings is 1. The number of nitrogens with zero attached hydrogens (tertiary/aromatic N) is 2. The number of amides is 1. The number of aromatic nitrogens is 1. The van der Waals surface area contributed by atoms with Gasteiger partial charge in [0.05, 0.1) is 17.7 Å². The summed E-state index contributed by atoms with van der Waals surface area (Å²) in [5, 5.41) is 14.3. The van der Waals surface area contributed by atoms with Crippen molar-refractivity contribution in [1.29, 1.82) is 0 Å². The molecule has 2 aromatic rings. The van der Waals surface area contributed by atoms with Crippen LogP contribution in [0.4, 0.5) is 0 Å². The lowest BCUT2D eigenvalue weighted by Gasteiger charge is -2.28. The average molecular weight is 432 g/mol. The second kappa shape index (κ2) is 10.2. The number of para-hydroxylation sites is 1. The number of hydrogen-bond donors (Lipinski definition) is 2. The molecule has 0 saturated heterocycles. The summed E-state index contributed by atoms with van der Waals surface area (Å²) in [7, 11) is 1.78. The minimum absolute atomic E-state index is 0.203. The van der Waals surface area contributed by atoms with E-state index in [9.17, 15) is 9.90 Å². The molecule has 0 bridgehead atoms. The molecule has 5 nitrogen and oxygen atoms in total. The molecule has 0 radical (unpaired) electrons. The van der Waals surface area contributed by atoms with Crippen molar-refractivity contribution < 1.29 is 9.90 Å². The average Bonchev–Trinajstić information content (AvgIpc) is 3.64. The first-order chi connectivity index (χ1) is 15.5. The lowest BCUT2D eigenvalue weighted by atomic mass is 9.92. The Morgan fingerprint density at radius 3 is 2.72 bits per heavy atom. The van der Waals surface area contributed by atoms with E-state index in [0.29, 0.717) is 12.1 Å². The molecule has 2 atom stereocenters. The molecular formula is C27H33N3O2. The van der Waals surface area contributed by atoms with E-state index in [1.165, 1.54) is 18.4 Å². The van der Waals surface area contributed by atoms with Crippen LogP contribution in [0, 0.1) is 5.92 Å². The maximum atomic E-state index is 13.0. The predicted molar refractivity (Wildman–Crippen MR) is 130 cm³/mol. The van der Waals surface area contributed by atoms with Crippen LogP contribution >= 0.6 is 0 Å². The zero-order valence-electron chi connectivity index (χ0n) is 19.1. The van der Waals surface area contributed by atoms with Crippen molar-refractivity contribution in [2.45, 2.75) is 64.0 Å². The van der Waals surface area contributed by atoms with Crippen LogP contribution in [0.3, 0.4) is 0 Å². The van der Waals surface area contributed by atoms with Gasteiger partial charge in [-0.15, -0.1) is 0 Å². The summed E-state index contributed by atoms with van der Waals surface area (Å²) in [6, 6.07) is 9.63. The fourth-order valence-corrected chi connectivity index (χ4v) is 4.48. The summed E-state index contributed by atoms with van der Waals surface area (Å²) < 4.78 is 0. The highest BCUT2D eigenvalue weighted by atomic mass is 16.3. The van der Waals surface area contributed by atoms with Crippen LogP contribution in [0.25, 0.3) is 10.9 Å². The van der Waals surface area contributed by atoms with E-state index in [1.54, 1.807) is 7.05 Å². The fourth-order valence-electron chi connectivity index (χ4n) is 4.48. The van der Waals surface area contributed by atoms with Gasteiger partial charge in [0, 0.05) is 18.6 Å². The smallest absolute Gasteiger partial charge is 0.270 e. The Labute approximate surface area is 190 Å². The first kappa shape index (κ1) is 22.4. The van der Waals surface area contributed by atoms with E-state index in [1.807, 2.05) is 30.5 Å². The normalized spacial score (nSPS) is 22.5. The van der Waals surface area contributed by atoms with Gasteiger partial charge in [-0.3, -0.25) is 9.79 Å². The molecule has 5 heteroatoms. The van der Waals surface area contributed by atoms with Gasteiger partial charge in [0.1, 0.15) is 5.69 Å². The number of nitrogens with one attached hydrogen (secondary N) is 1. The molecule has 32 heavy (non-hydrogen) atoms. The number of carbonyl (C=O) groups excluding carboxylic acids is 1. The molecule has 1 amide bonds.